The number of likely N-dealkylation sites (tertiary alicyclic amines) is 1. The van der Waals surface area contributed by atoms with Gasteiger partial charge in [0.2, 0.25) is 0 Å². The Hall–Kier alpha value is -2.51. The second-order valence-electron chi connectivity index (χ2n) is 7.48. The summed E-state index contributed by atoms with van der Waals surface area (Å²) in [6, 6.07) is 7.67. The van der Waals surface area contributed by atoms with Crippen molar-refractivity contribution in [2.75, 3.05) is 19.3 Å². The third kappa shape index (κ3) is 4.09. The van der Waals surface area contributed by atoms with Crippen LogP contribution < -0.4 is 5.73 Å². The predicted octanol–water partition coefficient (Wildman–Crippen LogP) is 3.68. The Morgan fingerprint density at radius 2 is 2.11 bits per heavy atom. The van der Waals surface area contributed by atoms with E-state index in [1.165, 1.54) is 6.42 Å². The summed E-state index contributed by atoms with van der Waals surface area (Å²) in [5.41, 5.74) is 8.48. The Morgan fingerprint density at radius 3 is 2.78 bits per heavy atom. The van der Waals surface area contributed by atoms with Crippen LogP contribution in [0.1, 0.15) is 45.1 Å². The van der Waals surface area contributed by atoms with Crippen molar-refractivity contribution in [2.24, 2.45) is 0 Å². The zero-order valence-corrected chi connectivity index (χ0v) is 16.4. The second kappa shape index (κ2) is 8.02. The van der Waals surface area contributed by atoms with E-state index in [4.69, 9.17) is 10.5 Å². The van der Waals surface area contributed by atoms with E-state index in [-0.39, 0.29) is 12.0 Å². The van der Waals surface area contributed by atoms with Gasteiger partial charge in [0.15, 0.2) is 5.60 Å². The highest BCUT2D eigenvalue weighted by Crippen LogP contribution is 2.40. The van der Waals surface area contributed by atoms with Crippen LogP contribution in [-0.4, -0.2) is 36.1 Å². The van der Waals surface area contributed by atoms with Crippen LogP contribution in [0.2, 0.25) is 0 Å². The number of anilines is 1. The average molecular weight is 364 g/mol. The number of cyclic esters (lactones) is 1. The molecule has 4 heteroatoms. The quantitative estimate of drug-likeness (QED) is 0.505. The first kappa shape index (κ1) is 19.3. The Morgan fingerprint density at radius 1 is 1.37 bits per heavy atom. The topological polar surface area (TPSA) is 55.6 Å². The lowest BCUT2D eigenvalue weighted by Gasteiger charge is -2.43. The lowest BCUT2D eigenvalue weighted by atomic mass is 9.79. The van der Waals surface area contributed by atoms with E-state index in [9.17, 15) is 4.79 Å². The minimum atomic E-state index is -0.664. The van der Waals surface area contributed by atoms with Gasteiger partial charge in [-0.05, 0) is 64.0 Å². The molecule has 0 radical (unpaired) electrons. The van der Waals surface area contributed by atoms with Crippen LogP contribution in [0, 0.1) is 11.8 Å². The maximum Gasteiger partial charge on any atom is 0.332 e. The summed E-state index contributed by atoms with van der Waals surface area (Å²) < 4.78 is 5.87. The molecule has 1 aromatic carbocycles. The number of nitrogen functional groups attached to an aromatic ring is 1. The first-order valence-electron chi connectivity index (χ1n) is 9.67. The van der Waals surface area contributed by atoms with E-state index in [0.717, 1.165) is 48.2 Å². The minimum Gasteiger partial charge on any atom is -0.450 e. The van der Waals surface area contributed by atoms with E-state index in [1.807, 2.05) is 31.2 Å². The summed E-state index contributed by atoms with van der Waals surface area (Å²) in [5, 5.41) is 0. The fraction of sp³-hybridized carbons (Fsp3) is 0.435. The maximum atomic E-state index is 12.2. The first-order chi connectivity index (χ1) is 12.9. The molecule has 2 atom stereocenters. The van der Waals surface area contributed by atoms with Crippen LogP contribution in [0.4, 0.5) is 5.69 Å². The number of hydrogen-bond donors (Lipinski definition) is 1. The number of rotatable bonds is 3. The lowest BCUT2D eigenvalue weighted by molar-refractivity contribution is -0.150. The number of hydrogen-bond acceptors (Lipinski definition) is 4. The molecule has 2 heterocycles. The van der Waals surface area contributed by atoms with Gasteiger partial charge in [-0.3, -0.25) is 4.90 Å². The number of esters is 1. The Balaban J connectivity index is 1.96. The molecule has 1 aromatic rings. The highest BCUT2D eigenvalue weighted by Gasteiger charge is 2.48. The molecule has 2 aliphatic rings. The van der Waals surface area contributed by atoms with Crippen LogP contribution in [-0.2, 0) is 9.53 Å². The third-order valence-electron chi connectivity index (χ3n) is 5.47. The summed E-state index contributed by atoms with van der Waals surface area (Å²) in [4.78, 5) is 14.5. The second-order valence-corrected chi connectivity index (χ2v) is 7.48. The van der Waals surface area contributed by atoms with Gasteiger partial charge in [-0.15, -0.1) is 0 Å². The molecule has 2 aliphatic heterocycles. The normalized spacial score (nSPS) is 26.2. The zero-order chi connectivity index (χ0) is 19.4. The SMILES string of the molecule is CC/C=C(/C#Cc1ccc(N)cc1)C1=CC(=O)O[C@]1(C)C1CCCCN1C. The van der Waals surface area contributed by atoms with E-state index < -0.39 is 5.60 Å². The third-order valence-corrected chi connectivity index (χ3v) is 5.47. The highest BCUT2D eigenvalue weighted by molar-refractivity contribution is 5.89. The van der Waals surface area contributed by atoms with Gasteiger partial charge in [0, 0.05) is 28.5 Å². The summed E-state index contributed by atoms with van der Waals surface area (Å²) in [6.45, 7) is 5.13. The van der Waals surface area contributed by atoms with Crippen molar-refractivity contribution < 1.29 is 9.53 Å². The minimum absolute atomic E-state index is 0.169. The summed E-state index contributed by atoms with van der Waals surface area (Å²) >= 11 is 0. The largest absolute Gasteiger partial charge is 0.450 e. The van der Waals surface area contributed by atoms with Crippen molar-refractivity contribution in [2.45, 2.75) is 51.2 Å². The first-order valence-corrected chi connectivity index (χ1v) is 9.67. The van der Waals surface area contributed by atoms with Gasteiger partial charge in [-0.2, -0.15) is 0 Å². The number of piperidine rings is 1. The van der Waals surface area contributed by atoms with Crippen molar-refractivity contribution in [3.63, 3.8) is 0 Å². The van der Waals surface area contributed by atoms with Gasteiger partial charge in [0.1, 0.15) is 0 Å². The number of nitrogens with zero attached hydrogens (tertiary/aromatic N) is 1. The number of nitrogens with two attached hydrogens (primary N) is 1. The fourth-order valence-electron chi connectivity index (χ4n) is 4.06. The number of carbonyl (C=O) groups is 1. The number of likely N-dealkylation sites (N-methyl/N-ethyl adjacent to an activating group) is 1. The fourth-order valence-corrected chi connectivity index (χ4v) is 4.06. The molecule has 0 spiro atoms. The van der Waals surface area contributed by atoms with Gasteiger partial charge in [-0.25, -0.2) is 4.79 Å². The Bertz CT molecular complexity index is 826. The molecule has 1 unspecified atom stereocenters. The van der Waals surface area contributed by atoms with Crippen LogP contribution in [0.3, 0.4) is 0 Å². The highest BCUT2D eigenvalue weighted by atomic mass is 16.6. The van der Waals surface area contributed by atoms with E-state index in [2.05, 4.69) is 36.8 Å². The molecule has 0 bridgehead atoms. The van der Waals surface area contributed by atoms with Crippen LogP contribution in [0.5, 0.6) is 0 Å². The molecule has 1 fully saturated rings. The molecule has 4 nitrogen and oxygen atoms in total. The van der Waals surface area contributed by atoms with Crippen molar-refractivity contribution >= 4 is 11.7 Å². The standard InChI is InChI=1S/C23H28N2O2/c1-4-7-18(12-9-17-10-13-19(24)14-11-17)20-16-22(26)27-23(20,2)21-8-5-6-15-25(21)3/h7,10-11,13-14,16,21H,4-6,8,15,24H2,1-3H3/b18-7-/t21?,23-/m0/s1. The van der Waals surface area contributed by atoms with Crippen LogP contribution in [0.15, 0.2) is 47.6 Å². The smallest absolute Gasteiger partial charge is 0.332 e. The van der Waals surface area contributed by atoms with Crippen LogP contribution in [0.25, 0.3) is 0 Å². The molecule has 27 heavy (non-hydrogen) atoms. The van der Waals surface area contributed by atoms with Crippen LogP contribution >= 0.6 is 0 Å². The molecule has 1 saturated heterocycles. The van der Waals surface area contributed by atoms with Crippen molar-refractivity contribution in [3.8, 4) is 11.8 Å². The van der Waals surface area contributed by atoms with Crippen molar-refractivity contribution in [1.29, 1.82) is 0 Å². The number of allylic oxidation sites excluding steroid dienone is 1. The molecule has 0 aromatic heterocycles. The monoisotopic (exact) mass is 364 g/mol. The number of benzene rings is 1. The molecule has 0 amide bonds. The lowest BCUT2D eigenvalue weighted by Crippen LogP contribution is -2.53. The Labute approximate surface area is 162 Å². The molecule has 142 valence electrons. The van der Waals surface area contributed by atoms with E-state index >= 15 is 0 Å². The van der Waals surface area contributed by atoms with Gasteiger partial charge in [0.05, 0.1) is 6.04 Å². The summed E-state index contributed by atoms with van der Waals surface area (Å²) in [6.07, 6.45) is 7.90. The molecule has 0 aliphatic carbocycles. The van der Waals surface area contributed by atoms with Crippen molar-refractivity contribution in [3.05, 3.63) is 53.1 Å². The van der Waals surface area contributed by atoms with Gasteiger partial charge >= 0.3 is 5.97 Å². The molecule has 3 rings (SSSR count). The zero-order valence-electron chi connectivity index (χ0n) is 16.4. The van der Waals surface area contributed by atoms with Gasteiger partial charge in [0.25, 0.3) is 0 Å². The molecule has 2 N–H and O–H groups in total. The predicted molar refractivity (Wildman–Crippen MR) is 109 cm³/mol. The Kier molecular flexibility index (Phi) is 5.72. The molecular weight excluding hydrogens is 336 g/mol. The number of carbonyl (C=O) groups excluding carboxylic acids is 1. The van der Waals surface area contributed by atoms with Gasteiger partial charge < -0.3 is 10.5 Å². The summed E-state index contributed by atoms with van der Waals surface area (Å²) in [7, 11) is 2.11. The number of ether oxygens (including phenoxy) is 1. The van der Waals surface area contributed by atoms with E-state index in [1.54, 1.807) is 6.08 Å². The molecule has 0 saturated carbocycles. The molecular formula is C23H28N2O2. The van der Waals surface area contributed by atoms with E-state index in [0.29, 0.717) is 0 Å². The maximum absolute atomic E-state index is 12.2. The average Bonchev–Trinajstić information content (AvgIpc) is 2.95. The summed E-state index contributed by atoms with van der Waals surface area (Å²) in [5.74, 6) is 6.21. The van der Waals surface area contributed by atoms with Gasteiger partial charge in [-0.1, -0.05) is 31.3 Å². The van der Waals surface area contributed by atoms with Crippen molar-refractivity contribution in [1.82, 2.24) is 4.90 Å².